The van der Waals surface area contributed by atoms with E-state index in [-0.39, 0.29) is 17.5 Å². The molecule has 6 nitrogen and oxygen atoms in total. The monoisotopic (exact) mass is 264 g/mol. The van der Waals surface area contributed by atoms with Gasteiger partial charge in [0.15, 0.2) is 9.84 Å². The van der Waals surface area contributed by atoms with Crippen LogP contribution in [0.2, 0.25) is 0 Å². The average molecular weight is 264 g/mol. The first-order valence-electron chi connectivity index (χ1n) is 5.88. The molecule has 0 saturated carbocycles. The molecule has 0 aromatic rings. The zero-order chi connectivity index (χ0) is 12.7. The van der Waals surface area contributed by atoms with Crippen LogP contribution in [0, 0.1) is 0 Å². The summed E-state index contributed by atoms with van der Waals surface area (Å²) in [4.78, 5) is 10.9. The highest BCUT2D eigenvalue weighted by molar-refractivity contribution is 7.91. The molecule has 0 radical (unpaired) electrons. The Hall–Kier alpha value is -0.820. The van der Waals surface area contributed by atoms with E-state index in [1.54, 1.807) is 6.92 Å². The fourth-order valence-corrected chi connectivity index (χ4v) is 3.43. The Labute approximate surface area is 102 Å². The Morgan fingerprint density at radius 2 is 2.18 bits per heavy atom. The van der Waals surface area contributed by atoms with Crippen LogP contribution in [0.5, 0.6) is 0 Å². The van der Waals surface area contributed by atoms with Gasteiger partial charge in [0, 0.05) is 12.6 Å². The van der Waals surface area contributed by atoms with Crippen LogP contribution in [0.4, 0.5) is 4.79 Å². The van der Waals surface area contributed by atoms with Crippen LogP contribution in [0.3, 0.4) is 0 Å². The summed E-state index contributed by atoms with van der Waals surface area (Å²) in [7, 11) is -2.81. The minimum Gasteiger partial charge on any atom is -0.450 e. The lowest BCUT2D eigenvalue weighted by Gasteiger charge is -2.10. The molecule has 1 aliphatic heterocycles. The smallest absolute Gasteiger partial charge is 0.407 e. The number of carbonyl (C=O) groups is 1. The van der Waals surface area contributed by atoms with E-state index in [1.807, 2.05) is 0 Å². The maximum Gasteiger partial charge on any atom is 0.407 e. The predicted octanol–water partition coefficient (Wildman–Crippen LogP) is -0.101. The van der Waals surface area contributed by atoms with Crippen molar-refractivity contribution in [1.29, 1.82) is 0 Å². The molecule has 0 bridgehead atoms. The topological polar surface area (TPSA) is 84.5 Å². The maximum atomic E-state index is 11.2. The molecule has 1 fully saturated rings. The molecule has 0 aromatic carbocycles. The summed E-state index contributed by atoms with van der Waals surface area (Å²) < 4.78 is 27.1. The van der Waals surface area contributed by atoms with Crippen molar-refractivity contribution in [1.82, 2.24) is 10.6 Å². The Morgan fingerprint density at radius 3 is 2.76 bits per heavy atom. The van der Waals surface area contributed by atoms with Crippen LogP contribution < -0.4 is 10.6 Å². The van der Waals surface area contributed by atoms with E-state index in [0.29, 0.717) is 26.1 Å². The lowest BCUT2D eigenvalue weighted by atomic mass is 10.2. The number of ether oxygens (including phenoxy) is 1. The molecule has 2 N–H and O–H groups in total. The van der Waals surface area contributed by atoms with Gasteiger partial charge >= 0.3 is 6.09 Å². The molecule has 1 aliphatic rings. The summed E-state index contributed by atoms with van der Waals surface area (Å²) in [6.45, 7) is 3.35. The molecule has 0 aliphatic carbocycles. The molecule has 1 saturated heterocycles. The van der Waals surface area contributed by atoms with Gasteiger partial charge in [0.25, 0.3) is 0 Å². The minimum atomic E-state index is -2.81. The summed E-state index contributed by atoms with van der Waals surface area (Å²) in [5.41, 5.74) is 0. The molecule has 0 aromatic heterocycles. The second kappa shape index (κ2) is 6.80. The highest BCUT2D eigenvalue weighted by Crippen LogP contribution is 2.10. The van der Waals surface area contributed by atoms with Crippen LogP contribution in [-0.2, 0) is 14.6 Å². The molecule has 1 heterocycles. The van der Waals surface area contributed by atoms with Crippen molar-refractivity contribution < 1.29 is 17.9 Å². The van der Waals surface area contributed by atoms with Crippen LogP contribution in [0.1, 0.15) is 19.8 Å². The summed E-state index contributed by atoms with van der Waals surface area (Å²) in [5, 5.41) is 5.78. The number of carbonyl (C=O) groups excluding carboxylic acids is 1. The van der Waals surface area contributed by atoms with Crippen molar-refractivity contribution in [3.63, 3.8) is 0 Å². The van der Waals surface area contributed by atoms with Crippen LogP contribution in [-0.4, -0.2) is 51.8 Å². The predicted molar refractivity (Wildman–Crippen MR) is 64.7 cm³/mol. The van der Waals surface area contributed by atoms with Gasteiger partial charge in [-0.1, -0.05) is 0 Å². The molecule has 1 unspecified atom stereocenters. The second-order valence-electron chi connectivity index (χ2n) is 4.05. The van der Waals surface area contributed by atoms with Crippen molar-refractivity contribution in [2.75, 3.05) is 31.2 Å². The first-order chi connectivity index (χ1) is 8.03. The second-order valence-corrected chi connectivity index (χ2v) is 6.28. The van der Waals surface area contributed by atoms with E-state index in [1.165, 1.54) is 0 Å². The Kier molecular flexibility index (Phi) is 5.70. The molecule has 1 atom stereocenters. The van der Waals surface area contributed by atoms with Gasteiger partial charge in [-0.25, -0.2) is 13.2 Å². The first-order valence-corrected chi connectivity index (χ1v) is 7.70. The third-order valence-corrected chi connectivity index (χ3v) is 4.33. The largest absolute Gasteiger partial charge is 0.450 e. The van der Waals surface area contributed by atoms with Gasteiger partial charge in [-0.15, -0.1) is 0 Å². The number of hydrogen-bond acceptors (Lipinski definition) is 5. The quantitative estimate of drug-likeness (QED) is 0.654. The van der Waals surface area contributed by atoms with Crippen molar-refractivity contribution in [3.8, 4) is 0 Å². The molecule has 0 spiro atoms. The molecular weight excluding hydrogens is 244 g/mol. The van der Waals surface area contributed by atoms with E-state index < -0.39 is 15.9 Å². The third kappa shape index (κ3) is 5.88. The fourth-order valence-electron chi connectivity index (χ4n) is 1.72. The van der Waals surface area contributed by atoms with E-state index >= 15 is 0 Å². The lowest BCUT2D eigenvalue weighted by molar-refractivity contribution is 0.152. The molecule has 17 heavy (non-hydrogen) atoms. The zero-order valence-corrected chi connectivity index (χ0v) is 10.9. The van der Waals surface area contributed by atoms with Crippen molar-refractivity contribution >= 4 is 15.9 Å². The summed E-state index contributed by atoms with van der Waals surface area (Å²) >= 11 is 0. The molecular formula is C10H20N2O4S. The maximum absolute atomic E-state index is 11.2. The number of hydrogen-bond donors (Lipinski definition) is 2. The Bertz CT molecular complexity index is 342. The fraction of sp³-hybridized carbons (Fsp3) is 0.900. The normalized spacial score (nSPS) is 22.3. The van der Waals surface area contributed by atoms with Gasteiger partial charge in [0.1, 0.15) is 0 Å². The zero-order valence-electron chi connectivity index (χ0n) is 10.1. The summed E-state index contributed by atoms with van der Waals surface area (Å²) in [5.74, 6) is 0.518. The summed E-state index contributed by atoms with van der Waals surface area (Å²) in [6, 6.07) is 0.0718. The standard InChI is InChI=1S/C10H20N2O4S/c1-2-16-10(13)12-6-3-5-11-9-4-7-17(14,15)8-9/h9,11H,2-8H2,1H3,(H,12,13). The highest BCUT2D eigenvalue weighted by Gasteiger charge is 2.26. The molecule has 100 valence electrons. The molecule has 7 heteroatoms. The van der Waals surface area contributed by atoms with Crippen LogP contribution >= 0.6 is 0 Å². The van der Waals surface area contributed by atoms with E-state index in [0.717, 1.165) is 6.42 Å². The lowest BCUT2D eigenvalue weighted by Crippen LogP contribution is -2.33. The van der Waals surface area contributed by atoms with E-state index in [4.69, 9.17) is 4.74 Å². The van der Waals surface area contributed by atoms with E-state index in [9.17, 15) is 13.2 Å². The van der Waals surface area contributed by atoms with Gasteiger partial charge in [-0.05, 0) is 26.3 Å². The number of alkyl carbamates (subject to hydrolysis) is 1. The summed E-state index contributed by atoms with van der Waals surface area (Å²) in [6.07, 6.45) is 1.04. The van der Waals surface area contributed by atoms with Crippen molar-refractivity contribution in [2.24, 2.45) is 0 Å². The third-order valence-electron chi connectivity index (χ3n) is 2.56. The SMILES string of the molecule is CCOC(=O)NCCCNC1CCS(=O)(=O)C1. The number of nitrogens with one attached hydrogen (secondary N) is 2. The van der Waals surface area contributed by atoms with Crippen molar-refractivity contribution in [2.45, 2.75) is 25.8 Å². The number of amides is 1. The number of sulfone groups is 1. The van der Waals surface area contributed by atoms with Gasteiger partial charge in [-0.2, -0.15) is 0 Å². The molecule has 1 rings (SSSR count). The van der Waals surface area contributed by atoms with Crippen LogP contribution in [0.25, 0.3) is 0 Å². The van der Waals surface area contributed by atoms with Crippen molar-refractivity contribution in [3.05, 3.63) is 0 Å². The Morgan fingerprint density at radius 1 is 1.41 bits per heavy atom. The molecule has 1 amide bonds. The Balaban J connectivity index is 2.00. The first kappa shape index (κ1) is 14.2. The van der Waals surface area contributed by atoms with Gasteiger partial charge in [0.2, 0.25) is 0 Å². The van der Waals surface area contributed by atoms with Gasteiger partial charge < -0.3 is 15.4 Å². The van der Waals surface area contributed by atoms with Gasteiger partial charge in [0.05, 0.1) is 18.1 Å². The highest BCUT2D eigenvalue weighted by atomic mass is 32.2. The van der Waals surface area contributed by atoms with Crippen LogP contribution in [0.15, 0.2) is 0 Å². The van der Waals surface area contributed by atoms with E-state index in [2.05, 4.69) is 10.6 Å². The number of rotatable bonds is 6. The van der Waals surface area contributed by atoms with Gasteiger partial charge in [-0.3, -0.25) is 0 Å². The minimum absolute atomic E-state index is 0.0718. The average Bonchev–Trinajstić information content (AvgIpc) is 2.58.